The van der Waals surface area contributed by atoms with Crippen molar-refractivity contribution in [2.45, 2.75) is 6.92 Å². The van der Waals surface area contributed by atoms with E-state index in [0.29, 0.717) is 15.7 Å². The zero-order chi connectivity index (χ0) is 18.4. The van der Waals surface area contributed by atoms with E-state index >= 15 is 0 Å². The van der Waals surface area contributed by atoms with E-state index < -0.39 is 5.97 Å². The Labute approximate surface area is 159 Å². The van der Waals surface area contributed by atoms with Crippen molar-refractivity contribution < 1.29 is 9.53 Å². The molecule has 0 saturated heterocycles. The number of aromatic nitrogens is 2. The van der Waals surface area contributed by atoms with Gasteiger partial charge in [-0.05, 0) is 36.8 Å². The van der Waals surface area contributed by atoms with Crippen molar-refractivity contribution in [2.24, 2.45) is 4.99 Å². The first-order valence-corrected chi connectivity index (χ1v) is 8.97. The van der Waals surface area contributed by atoms with Crippen molar-refractivity contribution in [1.82, 2.24) is 9.59 Å². The van der Waals surface area contributed by atoms with Crippen molar-refractivity contribution in [2.75, 3.05) is 11.9 Å². The highest BCUT2D eigenvalue weighted by Gasteiger charge is 2.18. The van der Waals surface area contributed by atoms with E-state index in [2.05, 4.69) is 19.9 Å². The highest BCUT2D eigenvalue weighted by molar-refractivity contribution is 7.10. The van der Waals surface area contributed by atoms with Crippen LogP contribution in [0.1, 0.15) is 23.0 Å². The van der Waals surface area contributed by atoms with Gasteiger partial charge < -0.3 is 10.1 Å². The molecular formula is C18H15ClN4O2S. The van der Waals surface area contributed by atoms with Crippen LogP contribution in [0.3, 0.4) is 0 Å². The Balaban J connectivity index is 1.83. The Morgan fingerprint density at radius 1 is 1.27 bits per heavy atom. The topological polar surface area (TPSA) is 76.5 Å². The van der Waals surface area contributed by atoms with Gasteiger partial charge in [0.15, 0.2) is 0 Å². The Morgan fingerprint density at radius 3 is 2.81 bits per heavy atom. The number of anilines is 2. The second kappa shape index (κ2) is 8.55. The molecule has 0 bridgehead atoms. The van der Waals surface area contributed by atoms with E-state index in [0.717, 1.165) is 22.8 Å². The fraction of sp³-hybridized carbons (Fsp3) is 0.111. The summed E-state index contributed by atoms with van der Waals surface area (Å²) < 4.78 is 8.83. The summed E-state index contributed by atoms with van der Waals surface area (Å²) in [6.07, 6.45) is 1.74. The quantitative estimate of drug-likeness (QED) is 0.483. The number of nitrogens with zero attached hydrogens (tertiary/aromatic N) is 3. The molecule has 3 aromatic rings. The number of aliphatic imine (C=N–C) groups is 1. The molecule has 0 aliphatic carbocycles. The number of carbonyl (C=O) groups excluding carboxylic acids is 1. The molecule has 8 heteroatoms. The fourth-order valence-corrected chi connectivity index (χ4v) is 2.81. The summed E-state index contributed by atoms with van der Waals surface area (Å²) >= 11 is 6.98. The third-order valence-electron chi connectivity index (χ3n) is 3.33. The number of para-hydroxylation sites is 2. The number of carbonyl (C=O) groups is 1. The normalized spacial score (nSPS) is 10.8. The van der Waals surface area contributed by atoms with Gasteiger partial charge in [0.05, 0.1) is 18.0 Å². The number of hydrogen-bond donors (Lipinski definition) is 1. The SMILES string of the molecule is CCOC(=O)c1nnsc1Nc1ccccc1/N=C/c1ccc(Cl)cc1. The van der Waals surface area contributed by atoms with Gasteiger partial charge in [0.25, 0.3) is 0 Å². The highest BCUT2D eigenvalue weighted by Crippen LogP contribution is 2.30. The number of hydrogen-bond acceptors (Lipinski definition) is 7. The van der Waals surface area contributed by atoms with Crippen LogP contribution in [-0.2, 0) is 4.74 Å². The molecule has 0 aliphatic heterocycles. The minimum atomic E-state index is -0.508. The number of rotatable bonds is 6. The van der Waals surface area contributed by atoms with Gasteiger partial charge in [-0.1, -0.05) is 40.4 Å². The predicted octanol–water partition coefficient (Wildman–Crippen LogP) is 4.86. The van der Waals surface area contributed by atoms with Gasteiger partial charge in [-0.25, -0.2) is 4.79 Å². The van der Waals surface area contributed by atoms with Gasteiger partial charge in [0.2, 0.25) is 5.69 Å². The van der Waals surface area contributed by atoms with Crippen LogP contribution in [0.4, 0.5) is 16.4 Å². The van der Waals surface area contributed by atoms with Gasteiger partial charge >= 0.3 is 5.97 Å². The maximum absolute atomic E-state index is 11.9. The van der Waals surface area contributed by atoms with Crippen molar-refractivity contribution in [3.63, 3.8) is 0 Å². The smallest absolute Gasteiger partial charge is 0.362 e. The average Bonchev–Trinajstić information content (AvgIpc) is 3.11. The second-order valence-electron chi connectivity index (χ2n) is 5.12. The van der Waals surface area contributed by atoms with Crippen molar-refractivity contribution >= 4 is 51.7 Å². The summed E-state index contributed by atoms with van der Waals surface area (Å²) in [6.45, 7) is 2.02. The second-order valence-corrected chi connectivity index (χ2v) is 6.31. The van der Waals surface area contributed by atoms with Gasteiger partial charge in [0, 0.05) is 22.8 Å². The van der Waals surface area contributed by atoms with Crippen LogP contribution in [0, 0.1) is 0 Å². The number of esters is 1. The molecule has 1 N–H and O–H groups in total. The minimum Gasteiger partial charge on any atom is -0.461 e. The maximum atomic E-state index is 11.9. The van der Waals surface area contributed by atoms with E-state index in [1.54, 1.807) is 13.1 Å². The molecule has 1 heterocycles. The third-order valence-corrected chi connectivity index (χ3v) is 4.23. The van der Waals surface area contributed by atoms with E-state index in [1.165, 1.54) is 0 Å². The summed E-state index contributed by atoms with van der Waals surface area (Å²) in [4.78, 5) is 16.5. The lowest BCUT2D eigenvalue weighted by atomic mass is 10.2. The van der Waals surface area contributed by atoms with E-state index in [-0.39, 0.29) is 12.3 Å². The fourth-order valence-electron chi connectivity index (χ4n) is 2.11. The minimum absolute atomic E-state index is 0.160. The molecule has 132 valence electrons. The van der Waals surface area contributed by atoms with Crippen LogP contribution in [-0.4, -0.2) is 28.4 Å². The average molecular weight is 387 g/mol. The zero-order valence-corrected chi connectivity index (χ0v) is 15.4. The number of ether oxygens (including phenoxy) is 1. The molecule has 0 saturated carbocycles. The van der Waals surface area contributed by atoms with Crippen molar-refractivity contribution in [1.29, 1.82) is 0 Å². The predicted molar refractivity (Wildman–Crippen MR) is 104 cm³/mol. The molecule has 2 aromatic carbocycles. The third kappa shape index (κ3) is 4.44. The summed E-state index contributed by atoms with van der Waals surface area (Å²) in [7, 11) is 0. The maximum Gasteiger partial charge on any atom is 0.362 e. The van der Waals surface area contributed by atoms with Crippen LogP contribution in [0.25, 0.3) is 0 Å². The monoisotopic (exact) mass is 386 g/mol. The molecule has 0 spiro atoms. The van der Waals surface area contributed by atoms with E-state index in [9.17, 15) is 4.79 Å². The first-order chi connectivity index (χ1) is 12.7. The van der Waals surface area contributed by atoms with Crippen LogP contribution >= 0.6 is 23.1 Å². The molecule has 0 amide bonds. The lowest BCUT2D eigenvalue weighted by Gasteiger charge is -2.08. The Kier molecular flexibility index (Phi) is 5.93. The van der Waals surface area contributed by atoms with E-state index in [4.69, 9.17) is 16.3 Å². The molecule has 6 nitrogen and oxygen atoms in total. The first-order valence-electron chi connectivity index (χ1n) is 7.82. The molecule has 0 fully saturated rings. The van der Waals surface area contributed by atoms with Crippen LogP contribution in [0.5, 0.6) is 0 Å². The molecule has 0 radical (unpaired) electrons. The standard InChI is InChI=1S/C18H15ClN4O2S/c1-2-25-18(24)16-17(26-23-22-16)21-15-6-4-3-5-14(15)20-11-12-7-9-13(19)10-8-12/h3-11,21H,2H2,1H3/b20-11+. The summed E-state index contributed by atoms with van der Waals surface area (Å²) in [5.41, 5.74) is 2.53. The summed E-state index contributed by atoms with van der Waals surface area (Å²) in [5.74, 6) is -0.508. The highest BCUT2D eigenvalue weighted by atomic mass is 35.5. The summed E-state index contributed by atoms with van der Waals surface area (Å²) in [5, 5.41) is 8.19. The van der Waals surface area contributed by atoms with E-state index in [1.807, 2.05) is 48.5 Å². The van der Waals surface area contributed by atoms with Gasteiger partial charge in [-0.3, -0.25) is 4.99 Å². The van der Waals surface area contributed by atoms with Crippen LogP contribution in [0.15, 0.2) is 53.5 Å². The molecule has 1 aromatic heterocycles. The molecule has 0 unspecified atom stereocenters. The van der Waals surface area contributed by atoms with Crippen molar-refractivity contribution in [3.8, 4) is 0 Å². The zero-order valence-electron chi connectivity index (χ0n) is 13.8. The van der Waals surface area contributed by atoms with Gasteiger partial charge in [0.1, 0.15) is 5.00 Å². The Bertz CT molecular complexity index is 925. The molecule has 0 atom stereocenters. The Morgan fingerprint density at radius 2 is 2.04 bits per heavy atom. The molecule has 26 heavy (non-hydrogen) atoms. The van der Waals surface area contributed by atoms with Crippen LogP contribution in [0.2, 0.25) is 5.02 Å². The molecular weight excluding hydrogens is 372 g/mol. The number of nitrogens with one attached hydrogen (secondary N) is 1. The Hall–Kier alpha value is -2.77. The lowest BCUT2D eigenvalue weighted by molar-refractivity contribution is 0.0520. The molecule has 0 aliphatic rings. The number of halogens is 1. The summed E-state index contributed by atoms with van der Waals surface area (Å²) in [6, 6.07) is 14.9. The lowest BCUT2D eigenvalue weighted by Crippen LogP contribution is -2.07. The van der Waals surface area contributed by atoms with Crippen LogP contribution < -0.4 is 5.32 Å². The first kappa shape index (κ1) is 18.0. The number of benzene rings is 2. The van der Waals surface area contributed by atoms with Gasteiger partial charge in [-0.15, -0.1) is 5.10 Å². The van der Waals surface area contributed by atoms with Gasteiger partial charge in [-0.2, -0.15) is 0 Å². The van der Waals surface area contributed by atoms with Crippen molar-refractivity contribution in [3.05, 3.63) is 64.8 Å². The largest absolute Gasteiger partial charge is 0.461 e. The molecule has 3 rings (SSSR count).